The number of alkyl halides is 3. The largest absolute Gasteiger partial charge is 0.420 e. The third kappa shape index (κ3) is 3.69. The molecule has 1 aliphatic heterocycles. The summed E-state index contributed by atoms with van der Waals surface area (Å²) in [6.07, 6.45) is 0.117. The van der Waals surface area contributed by atoms with E-state index < -0.39 is 29.1 Å². The maximum absolute atomic E-state index is 13.9. The fourth-order valence-electron chi connectivity index (χ4n) is 3.27. The number of imidazole rings is 1. The smallest absolute Gasteiger partial charge is 0.333 e. The van der Waals surface area contributed by atoms with Gasteiger partial charge in [-0.05, 0) is 46.1 Å². The quantitative estimate of drug-likeness (QED) is 0.450. The molecular weight excluding hydrogens is 492 g/mol. The van der Waals surface area contributed by atoms with Gasteiger partial charge in [-0.2, -0.15) is 13.2 Å². The molecule has 0 N–H and O–H groups in total. The molecule has 0 aliphatic carbocycles. The monoisotopic (exact) mass is 502 g/mol. The molecule has 3 aromatic rings. The van der Waals surface area contributed by atoms with Gasteiger partial charge in [0.1, 0.15) is 16.7 Å². The summed E-state index contributed by atoms with van der Waals surface area (Å²) < 4.78 is 55.2. The van der Waals surface area contributed by atoms with Crippen molar-refractivity contribution >= 4 is 44.7 Å². The molecule has 4 rings (SSSR count). The summed E-state index contributed by atoms with van der Waals surface area (Å²) in [5.41, 5.74) is -0.871. The number of nitrogens with zero attached hydrogens (tertiary/aromatic N) is 4. The Morgan fingerprint density at radius 2 is 2.07 bits per heavy atom. The zero-order valence-corrected chi connectivity index (χ0v) is 17.4. The van der Waals surface area contributed by atoms with Gasteiger partial charge < -0.3 is 4.90 Å². The fourth-order valence-corrected chi connectivity index (χ4v) is 3.95. The van der Waals surface area contributed by atoms with Crippen LogP contribution >= 0.6 is 27.5 Å². The van der Waals surface area contributed by atoms with Gasteiger partial charge in [0.25, 0.3) is 5.91 Å². The predicted octanol–water partition coefficient (Wildman–Crippen LogP) is 5.23. The Bertz CT molecular complexity index is 1190. The molecule has 0 fully saturated rings. The average molecular weight is 504 g/mol. The van der Waals surface area contributed by atoms with Crippen LogP contribution in [0.1, 0.15) is 28.2 Å². The minimum atomic E-state index is -4.67. The first kappa shape index (κ1) is 20.8. The van der Waals surface area contributed by atoms with E-state index in [2.05, 4.69) is 25.9 Å². The second-order valence-corrected chi connectivity index (χ2v) is 7.85. The van der Waals surface area contributed by atoms with Gasteiger partial charge in [-0.15, -0.1) is 0 Å². The predicted molar refractivity (Wildman–Crippen MR) is 106 cm³/mol. The molecule has 4 heterocycles. The van der Waals surface area contributed by atoms with E-state index in [0.29, 0.717) is 12.0 Å². The van der Waals surface area contributed by atoms with Crippen LogP contribution < -0.4 is 0 Å². The first-order valence-corrected chi connectivity index (χ1v) is 9.87. The Hall–Kier alpha value is -2.46. The van der Waals surface area contributed by atoms with Gasteiger partial charge in [-0.1, -0.05) is 17.7 Å². The van der Waals surface area contributed by atoms with Crippen LogP contribution in [-0.2, 0) is 6.18 Å². The molecule has 0 bridgehead atoms. The van der Waals surface area contributed by atoms with Crippen LogP contribution in [0, 0.1) is 5.82 Å². The van der Waals surface area contributed by atoms with Crippen molar-refractivity contribution in [2.75, 3.05) is 13.1 Å². The molecule has 0 radical (unpaired) electrons. The number of hydrogen-bond acceptors (Lipinski definition) is 3. The van der Waals surface area contributed by atoms with Gasteiger partial charge in [-0.3, -0.25) is 14.2 Å². The van der Waals surface area contributed by atoms with E-state index in [4.69, 9.17) is 11.6 Å². The summed E-state index contributed by atoms with van der Waals surface area (Å²) in [6.45, 7) is 0.352. The maximum atomic E-state index is 13.9. The van der Waals surface area contributed by atoms with Crippen molar-refractivity contribution in [2.45, 2.75) is 12.6 Å². The lowest BCUT2D eigenvalue weighted by Gasteiger charge is -2.25. The lowest BCUT2D eigenvalue weighted by molar-refractivity contribution is -0.136. The van der Waals surface area contributed by atoms with Crippen molar-refractivity contribution in [2.24, 2.45) is 0 Å². The molecule has 5 nitrogen and oxygen atoms in total. The Morgan fingerprint density at radius 1 is 1.30 bits per heavy atom. The average Bonchev–Trinajstić information content (AvgIpc) is 3.03. The Balaban J connectivity index is 1.66. The first-order chi connectivity index (χ1) is 14.2. The number of aromatic nitrogens is 3. The van der Waals surface area contributed by atoms with Gasteiger partial charge in [0.2, 0.25) is 0 Å². The Labute approximate surface area is 181 Å². The number of rotatable bonds is 2. The minimum Gasteiger partial charge on any atom is -0.333 e. The maximum Gasteiger partial charge on any atom is 0.420 e. The van der Waals surface area contributed by atoms with Crippen molar-refractivity contribution in [3.8, 4) is 0 Å². The highest BCUT2D eigenvalue weighted by molar-refractivity contribution is 9.10. The van der Waals surface area contributed by atoms with E-state index in [-0.39, 0.29) is 34.1 Å². The molecule has 0 unspecified atom stereocenters. The van der Waals surface area contributed by atoms with Crippen LogP contribution in [0.25, 0.3) is 11.2 Å². The molecule has 0 saturated heterocycles. The molecule has 0 spiro atoms. The molecule has 1 amide bonds. The number of carbonyl (C=O) groups excluding carboxylic acids is 1. The molecule has 0 aromatic carbocycles. The summed E-state index contributed by atoms with van der Waals surface area (Å²) in [4.78, 5) is 22.2. The summed E-state index contributed by atoms with van der Waals surface area (Å²) in [6, 6.07) is 3.66. The standard InChI is InChI=1S/C19H12BrClF4N4O/c20-11-8-12(19(23,24)25)17-27-15(16(21)29(17)9-11)18(30)28-6-3-10(4-7-28)14-13(22)2-1-5-26-14/h1-3,5,8-9H,4,6-7H2. The SMILES string of the molecule is O=C(c1nc2c(C(F)(F)F)cc(Br)cn2c1Cl)N1CC=C(c2ncccc2F)CC1. The van der Waals surface area contributed by atoms with Gasteiger partial charge in [0.05, 0.1) is 5.56 Å². The minimum absolute atomic E-state index is 0.129. The van der Waals surface area contributed by atoms with Crippen LogP contribution in [-0.4, -0.2) is 38.3 Å². The first-order valence-electron chi connectivity index (χ1n) is 8.70. The lowest BCUT2D eigenvalue weighted by Crippen LogP contribution is -2.35. The van der Waals surface area contributed by atoms with Gasteiger partial charge in [0, 0.05) is 30.0 Å². The van der Waals surface area contributed by atoms with Crippen LogP contribution in [0.5, 0.6) is 0 Å². The third-order valence-corrected chi connectivity index (χ3v) is 5.49. The van der Waals surface area contributed by atoms with Crippen LogP contribution in [0.3, 0.4) is 0 Å². The van der Waals surface area contributed by atoms with E-state index in [1.54, 1.807) is 6.08 Å². The van der Waals surface area contributed by atoms with Gasteiger partial charge >= 0.3 is 6.18 Å². The molecule has 0 atom stereocenters. The normalized spacial score (nSPS) is 14.9. The molecule has 156 valence electrons. The second kappa shape index (κ2) is 7.66. The topological polar surface area (TPSA) is 50.5 Å². The van der Waals surface area contributed by atoms with Gasteiger partial charge in [0.15, 0.2) is 11.3 Å². The number of halogens is 6. The molecule has 1 aliphatic rings. The zero-order chi connectivity index (χ0) is 21.6. The second-order valence-electron chi connectivity index (χ2n) is 6.58. The van der Waals surface area contributed by atoms with Crippen molar-refractivity contribution in [3.63, 3.8) is 0 Å². The summed E-state index contributed by atoms with van der Waals surface area (Å²) in [5, 5.41) is -0.215. The van der Waals surface area contributed by atoms with E-state index in [1.165, 1.54) is 29.4 Å². The molecular formula is C19H12BrClF4N4O. The van der Waals surface area contributed by atoms with E-state index in [0.717, 1.165) is 10.5 Å². The van der Waals surface area contributed by atoms with Crippen molar-refractivity contribution in [3.05, 3.63) is 69.1 Å². The number of pyridine rings is 2. The van der Waals surface area contributed by atoms with E-state index in [9.17, 15) is 22.4 Å². The highest BCUT2D eigenvalue weighted by Gasteiger charge is 2.36. The summed E-state index contributed by atoms with van der Waals surface area (Å²) in [5.74, 6) is -1.07. The zero-order valence-electron chi connectivity index (χ0n) is 15.1. The summed E-state index contributed by atoms with van der Waals surface area (Å²) in [7, 11) is 0. The number of carbonyl (C=O) groups is 1. The fraction of sp³-hybridized carbons (Fsp3) is 0.211. The third-order valence-electron chi connectivity index (χ3n) is 4.70. The highest BCUT2D eigenvalue weighted by atomic mass is 79.9. The summed E-state index contributed by atoms with van der Waals surface area (Å²) >= 11 is 9.22. The van der Waals surface area contributed by atoms with Crippen molar-refractivity contribution < 1.29 is 22.4 Å². The van der Waals surface area contributed by atoms with Crippen molar-refractivity contribution in [1.82, 2.24) is 19.3 Å². The van der Waals surface area contributed by atoms with Gasteiger partial charge in [-0.25, -0.2) is 9.37 Å². The van der Waals surface area contributed by atoms with Crippen LogP contribution in [0.15, 0.2) is 41.1 Å². The molecule has 11 heteroatoms. The lowest BCUT2D eigenvalue weighted by atomic mass is 10.0. The number of fused-ring (bicyclic) bond motifs is 1. The molecule has 3 aromatic heterocycles. The number of amides is 1. The number of hydrogen-bond donors (Lipinski definition) is 0. The molecule has 30 heavy (non-hydrogen) atoms. The Morgan fingerprint density at radius 3 is 2.70 bits per heavy atom. The highest BCUT2D eigenvalue weighted by Crippen LogP contribution is 2.36. The van der Waals surface area contributed by atoms with E-state index >= 15 is 0 Å². The van der Waals surface area contributed by atoms with Crippen LogP contribution in [0.2, 0.25) is 5.15 Å². The van der Waals surface area contributed by atoms with Crippen LogP contribution in [0.4, 0.5) is 17.6 Å². The Kier molecular flexibility index (Phi) is 5.31. The van der Waals surface area contributed by atoms with Crippen molar-refractivity contribution in [1.29, 1.82) is 0 Å². The molecule has 0 saturated carbocycles. The van der Waals surface area contributed by atoms with E-state index in [1.807, 2.05) is 0 Å².